The van der Waals surface area contributed by atoms with Crippen LogP contribution in [0.1, 0.15) is 17.2 Å². The first-order valence-electron chi connectivity index (χ1n) is 7.76. The smallest absolute Gasteiger partial charge is 0.226 e. The van der Waals surface area contributed by atoms with Crippen molar-refractivity contribution in [2.75, 3.05) is 13.2 Å². The Labute approximate surface area is 148 Å². The summed E-state index contributed by atoms with van der Waals surface area (Å²) in [6.45, 7) is 0.116. The highest BCUT2D eigenvalue weighted by Gasteiger charge is 2.26. The molecule has 2 unspecified atom stereocenters. The van der Waals surface area contributed by atoms with Gasteiger partial charge >= 0.3 is 0 Å². The van der Waals surface area contributed by atoms with Gasteiger partial charge in [-0.3, -0.25) is 4.79 Å². The number of rotatable bonds is 4. The molecule has 0 aromatic heterocycles. The third-order valence-corrected chi connectivity index (χ3v) is 4.33. The molecule has 25 heavy (non-hydrogen) atoms. The number of fused-ring (bicyclic) bond motifs is 1. The van der Waals surface area contributed by atoms with E-state index in [1.54, 1.807) is 18.2 Å². The maximum atomic E-state index is 13.2. The largest absolute Gasteiger partial charge is 0.492 e. The van der Waals surface area contributed by atoms with Crippen LogP contribution in [0.5, 0.6) is 5.75 Å². The Morgan fingerprint density at radius 2 is 2.08 bits per heavy atom. The van der Waals surface area contributed by atoms with Crippen LogP contribution in [0.4, 0.5) is 8.78 Å². The molecular formula is C18H16ClF2NO3. The summed E-state index contributed by atoms with van der Waals surface area (Å²) >= 11 is 5.95. The third kappa shape index (κ3) is 4.08. The molecule has 0 saturated heterocycles. The average Bonchev–Trinajstić information content (AvgIpc) is 2.61. The number of aliphatic hydroxyl groups excluding tert-OH is 1. The SMILES string of the molecule is O=C(NCC(O)c1ccc(F)c(F)c1)C1COc2ccc(Cl)cc2C1. The Morgan fingerprint density at radius 3 is 2.84 bits per heavy atom. The molecule has 2 N–H and O–H groups in total. The maximum Gasteiger partial charge on any atom is 0.226 e. The van der Waals surface area contributed by atoms with Crippen LogP contribution < -0.4 is 10.1 Å². The van der Waals surface area contributed by atoms with Crippen molar-refractivity contribution in [1.82, 2.24) is 5.32 Å². The van der Waals surface area contributed by atoms with E-state index in [0.717, 1.165) is 17.7 Å². The highest BCUT2D eigenvalue weighted by Crippen LogP contribution is 2.29. The molecule has 132 valence electrons. The van der Waals surface area contributed by atoms with Crippen LogP contribution in [0.3, 0.4) is 0 Å². The number of amides is 1. The number of benzene rings is 2. The monoisotopic (exact) mass is 367 g/mol. The van der Waals surface area contributed by atoms with Crippen molar-refractivity contribution in [3.63, 3.8) is 0 Å². The number of nitrogens with one attached hydrogen (secondary N) is 1. The number of halogens is 3. The van der Waals surface area contributed by atoms with E-state index >= 15 is 0 Å². The van der Waals surface area contributed by atoms with E-state index in [1.165, 1.54) is 6.07 Å². The van der Waals surface area contributed by atoms with Crippen molar-refractivity contribution in [2.45, 2.75) is 12.5 Å². The molecule has 1 aliphatic rings. The molecule has 2 atom stereocenters. The van der Waals surface area contributed by atoms with Gasteiger partial charge in [0.1, 0.15) is 12.4 Å². The molecule has 2 aromatic rings. The molecule has 1 heterocycles. The second-order valence-corrected chi connectivity index (χ2v) is 6.34. The third-order valence-electron chi connectivity index (χ3n) is 4.10. The number of ether oxygens (including phenoxy) is 1. The predicted octanol–water partition coefficient (Wildman–Crippen LogP) is 3.02. The van der Waals surface area contributed by atoms with Crippen LogP contribution in [-0.2, 0) is 11.2 Å². The Balaban J connectivity index is 1.58. The molecule has 1 amide bonds. The zero-order valence-corrected chi connectivity index (χ0v) is 13.9. The van der Waals surface area contributed by atoms with E-state index in [4.69, 9.17) is 16.3 Å². The van der Waals surface area contributed by atoms with Crippen molar-refractivity contribution in [3.8, 4) is 5.75 Å². The Morgan fingerprint density at radius 1 is 1.28 bits per heavy atom. The van der Waals surface area contributed by atoms with Gasteiger partial charge in [-0.2, -0.15) is 0 Å². The van der Waals surface area contributed by atoms with Crippen LogP contribution in [0.2, 0.25) is 5.02 Å². The fourth-order valence-corrected chi connectivity index (χ4v) is 2.91. The lowest BCUT2D eigenvalue weighted by Gasteiger charge is -2.25. The lowest BCUT2D eigenvalue weighted by atomic mass is 9.96. The Kier molecular flexibility index (Phi) is 5.20. The van der Waals surface area contributed by atoms with Crippen LogP contribution >= 0.6 is 11.6 Å². The van der Waals surface area contributed by atoms with E-state index in [9.17, 15) is 18.7 Å². The van der Waals surface area contributed by atoms with Gasteiger partial charge < -0.3 is 15.2 Å². The molecule has 4 nitrogen and oxygen atoms in total. The summed E-state index contributed by atoms with van der Waals surface area (Å²) in [5.74, 6) is -2.03. The second-order valence-electron chi connectivity index (χ2n) is 5.90. The molecule has 0 bridgehead atoms. The van der Waals surface area contributed by atoms with Crippen molar-refractivity contribution >= 4 is 17.5 Å². The molecule has 2 aromatic carbocycles. The summed E-state index contributed by atoms with van der Waals surface area (Å²) in [6.07, 6.45) is -0.659. The normalized spacial score (nSPS) is 17.4. The van der Waals surface area contributed by atoms with Gasteiger partial charge in [0.2, 0.25) is 5.91 Å². The minimum atomic E-state index is -1.13. The number of hydrogen-bond donors (Lipinski definition) is 2. The van der Waals surface area contributed by atoms with Gasteiger partial charge in [-0.05, 0) is 47.9 Å². The Hall–Kier alpha value is -2.18. The summed E-state index contributed by atoms with van der Waals surface area (Å²) in [6, 6.07) is 8.36. The molecule has 0 saturated carbocycles. The summed E-state index contributed by atoms with van der Waals surface area (Å²) in [5, 5.41) is 13.2. The summed E-state index contributed by atoms with van der Waals surface area (Å²) in [5.41, 5.74) is 1.04. The lowest BCUT2D eigenvalue weighted by Crippen LogP contribution is -2.39. The second kappa shape index (κ2) is 7.37. The maximum absolute atomic E-state index is 13.2. The van der Waals surface area contributed by atoms with Crippen molar-refractivity contribution in [1.29, 1.82) is 0 Å². The van der Waals surface area contributed by atoms with Gasteiger partial charge in [-0.15, -0.1) is 0 Å². The van der Waals surface area contributed by atoms with Gasteiger partial charge in [0.15, 0.2) is 11.6 Å². The van der Waals surface area contributed by atoms with Crippen LogP contribution in [0.15, 0.2) is 36.4 Å². The molecule has 7 heteroatoms. The summed E-state index contributed by atoms with van der Waals surface area (Å²) in [4.78, 5) is 12.3. The summed E-state index contributed by atoms with van der Waals surface area (Å²) < 4.78 is 31.7. The molecule has 0 fully saturated rings. The fraction of sp³-hybridized carbons (Fsp3) is 0.278. The van der Waals surface area contributed by atoms with E-state index < -0.39 is 23.7 Å². The van der Waals surface area contributed by atoms with E-state index in [2.05, 4.69) is 5.32 Å². The molecule has 0 aliphatic carbocycles. The number of hydrogen-bond acceptors (Lipinski definition) is 3. The number of carbonyl (C=O) groups excluding carboxylic acids is 1. The van der Waals surface area contributed by atoms with Crippen molar-refractivity contribution in [2.24, 2.45) is 5.92 Å². The van der Waals surface area contributed by atoms with Crippen LogP contribution in [0.25, 0.3) is 0 Å². The van der Waals surface area contributed by atoms with Gasteiger partial charge in [-0.25, -0.2) is 8.78 Å². The van der Waals surface area contributed by atoms with Crippen molar-refractivity contribution < 1.29 is 23.4 Å². The lowest BCUT2D eigenvalue weighted by molar-refractivity contribution is -0.126. The summed E-state index contributed by atoms with van der Waals surface area (Å²) in [7, 11) is 0. The topological polar surface area (TPSA) is 58.6 Å². The van der Waals surface area contributed by atoms with Crippen LogP contribution in [0, 0.1) is 17.6 Å². The highest BCUT2D eigenvalue weighted by molar-refractivity contribution is 6.30. The average molecular weight is 368 g/mol. The molecule has 0 radical (unpaired) electrons. The quantitative estimate of drug-likeness (QED) is 0.873. The highest BCUT2D eigenvalue weighted by atomic mass is 35.5. The number of aliphatic hydroxyl groups is 1. The van der Waals surface area contributed by atoms with Gasteiger partial charge in [0.05, 0.1) is 12.0 Å². The first kappa shape index (κ1) is 17.6. The predicted molar refractivity (Wildman–Crippen MR) is 88.5 cm³/mol. The van der Waals surface area contributed by atoms with Gasteiger partial charge in [0, 0.05) is 11.6 Å². The van der Waals surface area contributed by atoms with E-state index in [0.29, 0.717) is 17.2 Å². The minimum absolute atomic E-state index is 0.108. The van der Waals surface area contributed by atoms with Gasteiger partial charge in [-0.1, -0.05) is 17.7 Å². The minimum Gasteiger partial charge on any atom is -0.492 e. The molecule has 3 rings (SSSR count). The van der Waals surface area contributed by atoms with E-state index in [-0.39, 0.29) is 24.6 Å². The first-order valence-corrected chi connectivity index (χ1v) is 8.14. The first-order chi connectivity index (χ1) is 11.9. The molecule has 0 spiro atoms. The van der Waals surface area contributed by atoms with Gasteiger partial charge in [0.25, 0.3) is 0 Å². The zero-order valence-electron chi connectivity index (χ0n) is 13.1. The zero-order chi connectivity index (χ0) is 18.0. The standard InChI is InChI=1S/C18H16ClF2NO3/c19-13-2-4-17-11(6-13)5-12(9-25-17)18(24)22-8-16(23)10-1-3-14(20)15(21)7-10/h1-4,6-7,12,16,23H,5,8-9H2,(H,22,24). The van der Waals surface area contributed by atoms with Crippen LogP contribution in [-0.4, -0.2) is 24.2 Å². The number of carbonyl (C=O) groups is 1. The molecular weight excluding hydrogens is 352 g/mol. The van der Waals surface area contributed by atoms with E-state index in [1.807, 2.05) is 0 Å². The Bertz CT molecular complexity index is 800. The fourth-order valence-electron chi connectivity index (χ4n) is 2.71. The molecule has 1 aliphatic heterocycles. The van der Waals surface area contributed by atoms with Crippen molar-refractivity contribution in [3.05, 3.63) is 64.2 Å².